The fraction of sp³-hybridized carbons (Fsp3) is 0.176. The SMILES string of the molecule is COc1ccc(CNC(=O)c2ccc3nc(C)cn3c2)cc1. The Morgan fingerprint density at radius 2 is 1.95 bits per heavy atom. The first kappa shape index (κ1) is 14.1. The smallest absolute Gasteiger partial charge is 0.253 e. The molecule has 0 saturated carbocycles. The van der Waals surface area contributed by atoms with E-state index in [9.17, 15) is 4.79 Å². The first-order chi connectivity index (χ1) is 10.7. The summed E-state index contributed by atoms with van der Waals surface area (Å²) in [4.78, 5) is 16.6. The molecule has 0 saturated heterocycles. The van der Waals surface area contributed by atoms with Crippen LogP contribution < -0.4 is 10.1 Å². The van der Waals surface area contributed by atoms with E-state index in [2.05, 4.69) is 10.3 Å². The van der Waals surface area contributed by atoms with Crippen LogP contribution >= 0.6 is 0 Å². The number of amides is 1. The van der Waals surface area contributed by atoms with Crippen LogP contribution in [0.25, 0.3) is 5.65 Å². The number of carbonyl (C=O) groups excluding carboxylic acids is 1. The molecule has 3 aromatic rings. The van der Waals surface area contributed by atoms with Crippen LogP contribution in [-0.4, -0.2) is 22.4 Å². The second kappa shape index (κ2) is 5.89. The van der Waals surface area contributed by atoms with Crippen molar-refractivity contribution in [2.45, 2.75) is 13.5 Å². The Balaban J connectivity index is 1.69. The van der Waals surface area contributed by atoms with Crippen LogP contribution in [0.3, 0.4) is 0 Å². The lowest BCUT2D eigenvalue weighted by molar-refractivity contribution is 0.0950. The topological polar surface area (TPSA) is 55.6 Å². The van der Waals surface area contributed by atoms with E-state index < -0.39 is 0 Å². The standard InChI is InChI=1S/C17H17N3O2/c1-12-10-20-11-14(5-8-16(20)19-12)17(21)18-9-13-3-6-15(22-2)7-4-13/h3-8,10-11H,9H2,1-2H3,(H,18,21). The summed E-state index contributed by atoms with van der Waals surface area (Å²) in [5.74, 6) is 0.695. The van der Waals surface area contributed by atoms with Crippen molar-refractivity contribution in [2.24, 2.45) is 0 Å². The third kappa shape index (κ3) is 2.93. The van der Waals surface area contributed by atoms with Gasteiger partial charge in [0.05, 0.1) is 18.4 Å². The van der Waals surface area contributed by atoms with E-state index in [1.165, 1.54) is 0 Å². The molecule has 5 nitrogen and oxygen atoms in total. The molecule has 112 valence electrons. The molecule has 5 heteroatoms. The molecular weight excluding hydrogens is 278 g/mol. The predicted octanol–water partition coefficient (Wildman–Crippen LogP) is 2.58. The largest absolute Gasteiger partial charge is 0.497 e. The van der Waals surface area contributed by atoms with Gasteiger partial charge < -0.3 is 14.5 Å². The van der Waals surface area contributed by atoms with Gasteiger partial charge in [0, 0.05) is 18.9 Å². The first-order valence-corrected chi connectivity index (χ1v) is 7.02. The van der Waals surface area contributed by atoms with Crippen molar-refractivity contribution in [3.63, 3.8) is 0 Å². The molecule has 0 aliphatic carbocycles. The minimum absolute atomic E-state index is 0.107. The zero-order valence-electron chi connectivity index (χ0n) is 12.5. The lowest BCUT2D eigenvalue weighted by Crippen LogP contribution is -2.23. The zero-order chi connectivity index (χ0) is 15.5. The molecule has 1 N–H and O–H groups in total. The van der Waals surface area contributed by atoms with Crippen LogP contribution in [0.5, 0.6) is 5.75 Å². The summed E-state index contributed by atoms with van der Waals surface area (Å²) >= 11 is 0. The molecule has 2 aromatic heterocycles. The highest BCUT2D eigenvalue weighted by molar-refractivity contribution is 5.94. The summed E-state index contributed by atoms with van der Waals surface area (Å²) < 4.78 is 6.97. The normalized spacial score (nSPS) is 10.6. The summed E-state index contributed by atoms with van der Waals surface area (Å²) in [6, 6.07) is 11.2. The molecule has 0 atom stereocenters. The maximum Gasteiger partial charge on any atom is 0.253 e. The minimum Gasteiger partial charge on any atom is -0.497 e. The molecule has 22 heavy (non-hydrogen) atoms. The molecule has 3 rings (SSSR count). The number of nitrogens with zero attached hydrogens (tertiary/aromatic N) is 2. The maximum atomic E-state index is 12.2. The molecule has 1 aromatic carbocycles. The van der Waals surface area contributed by atoms with Crippen molar-refractivity contribution in [1.82, 2.24) is 14.7 Å². The average Bonchev–Trinajstić information content (AvgIpc) is 2.92. The summed E-state index contributed by atoms with van der Waals surface area (Å²) in [5.41, 5.74) is 3.40. The van der Waals surface area contributed by atoms with E-state index in [-0.39, 0.29) is 5.91 Å². The third-order valence-corrected chi connectivity index (χ3v) is 3.45. The van der Waals surface area contributed by atoms with Crippen molar-refractivity contribution >= 4 is 11.6 Å². The van der Waals surface area contributed by atoms with Crippen molar-refractivity contribution in [3.8, 4) is 5.75 Å². The van der Waals surface area contributed by atoms with Crippen molar-refractivity contribution in [2.75, 3.05) is 7.11 Å². The van der Waals surface area contributed by atoms with Gasteiger partial charge in [-0.05, 0) is 36.8 Å². The van der Waals surface area contributed by atoms with Gasteiger partial charge in [0.2, 0.25) is 0 Å². The van der Waals surface area contributed by atoms with Gasteiger partial charge in [0.25, 0.3) is 5.91 Å². The monoisotopic (exact) mass is 295 g/mol. The second-order valence-corrected chi connectivity index (χ2v) is 5.10. The van der Waals surface area contributed by atoms with E-state index in [0.29, 0.717) is 12.1 Å². The summed E-state index contributed by atoms with van der Waals surface area (Å²) in [5, 5.41) is 2.91. The van der Waals surface area contributed by atoms with Crippen molar-refractivity contribution in [1.29, 1.82) is 0 Å². The summed E-state index contributed by atoms with van der Waals surface area (Å²) in [6.07, 6.45) is 3.69. The molecular formula is C17H17N3O2. The summed E-state index contributed by atoms with van der Waals surface area (Å²) in [7, 11) is 1.63. The van der Waals surface area contributed by atoms with E-state index in [0.717, 1.165) is 22.7 Å². The Morgan fingerprint density at radius 1 is 1.18 bits per heavy atom. The van der Waals surface area contributed by atoms with Gasteiger partial charge in [-0.2, -0.15) is 0 Å². The van der Waals surface area contributed by atoms with Gasteiger partial charge in [-0.25, -0.2) is 4.98 Å². The number of aryl methyl sites for hydroxylation is 1. The van der Waals surface area contributed by atoms with Gasteiger partial charge in [-0.3, -0.25) is 4.79 Å². The molecule has 2 heterocycles. The van der Waals surface area contributed by atoms with Gasteiger partial charge in [-0.1, -0.05) is 12.1 Å². The Labute approximate surface area is 128 Å². The molecule has 0 aliphatic rings. The van der Waals surface area contributed by atoms with Crippen molar-refractivity contribution in [3.05, 3.63) is 65.6 Å². The fourth-order valence-corrected chi connectivity index (χ4v) is 2.28. The van der Waals surface area contributed by atoms with Crippen molar-refractivity contribution < 1.29 is 9.53 Å². The quantitative estimate of drug-likeness (QED) is 0.805. The van der Waals surface area contributed by atoms with E-state index >= 15 is 0 Å². The van der Waals surface area contributed by atoms with Crippen LogP contribution in [-0.2, 0) is 6.54 Å². The Morgan fingerprint density at radius 3 is 2.68 bits per heavy atom. The number of aromatic nitrogens is 2. The van der Waals surface area contributed by atoms with Crippen LogP contribution in [0.1, 0.15) is 21.6 Å². The Kier molecular flexibility index (Phi) is 3.78. The predicted molar refractivity (Wildman–Crippen MR) is 84.1 cm³/mol. The second-order valence-electron chi connectivity index (χ2n) is 5.10. The number of nitrogens with one attached hydrogen (secondary N) is 1. The zero-order valence-corrected chi connectivity index (χ0v) is 12.5. The molecule has 0 fully saturated rings. The first-order valence-electron chi connectivity index (χ1n) is 7.02. The van der Waals surface area contributed by atoms with Gasteiger partial charge in [-0.15, -0.1) is 0 Å². The van der Waals surface area contributed by atoms with Crippen LogP contribution in [0, 0.1) is 6.92 Å². The highest BCUT2D eigenvalue weighted by Crippen LogP contribution is 2.11. The minimum atomic E-state index is -0.107. The van der Waals surface area contributed by atoms with Gasteiger partial charge in [0.1, 0.15) is 11.4 Å². The van der Waals surface area contributed by atoms with Gasteiger partial charge in [0.15, 0.2) is 0 Å². The molecule has 0 radical (unpaired) electrons. The van der Waals surface area contributed by atoms with E-state index in [1.807, 2.05) is 47.9 Å². The van der Waals surface area contributed by atoms with Crippen LogP contribution in [0.15, 0.2) is 48.8 Å². The number of imidazole rings is 1. The molecule has 0 aliphatic heterocycles. The lowest BCUT2D eigenvalue weighted by Gasteiger charge is -2.07. The van der Waals surface area contributed by atoms with Crippen LogP contribution in [0.2, 0.25) is 0 Å². The molecule has 0 unspecified atom stereocenters. The molecule has 1 amide bonds. The number of rotatable bonds is 4. The van der Waals surface area contributed by atoms with E-state index in [1.54, 1.807) is 19.4 Å². The number of carbonyl (C=O) groups is 1. The third-order valence-electron chi connectivity index (χ3n) is 3.45. The number of hydrogen-bond acceptors (Lipinski definition) is 3. The highest BCUT2D eigenvalue weighted by Gasteiger charge is 2.07. The highest BCUT2D eigenvalue weighted by atomic mass is 16.5. The number of hydrogen-bond donors (Lipinski definition) is 1. The Hall–Kier alpha value is -2.82. The number of ether oxygens (including phenoxy) is 1. The average molecular weight is 295 g/mol. The number of fused-ring (bicyclic) bond motifs is 1. The number of methoxy groups -OCH3 is 1. The van der Waals surface area contributed by atoms with Gasteiger partial charge >= 0.3 is 0 Å². The summed E-state index contributed by atoms with van der Waals surface area (Å²) in [6.45, 7) is 2.40. The number of pyridine rings is 1. The Bertz CT molecular complexity index is 806. The maximum absolute atomic E-state index is 12.2. The fourth-order valence-electron chi connectivity index (χ4n) is 2.28. The molecule has 0 spiro atoms. The number of benzene rings is 1. The lowest BCUT2D eigenvalue weighted by atomic mass is 10.2. The van der Waals surface area contributed by atoms with E-state index in [4.69, 9.17) is 4.74 Å². The molecule has 0 bridgehead atoms. The van der Waals surface area contributed by atoms with Crippen LogP contribution in [0.4, 0.5) is 0 Å².